The van der Waals surface area contributed by atoms with Crippen molar-refractivity contribution in [1.82, 2.24) is 0 Å². The molecule has 19 heavy (non-hydrogen) atoms. The van der Waals surface area contributed by atoms with Gasteiger partial charge in [0, 0.05) is 6.54 Å². The zero-order valence-corrected chi connectivity index (χ0v) is 12.6. The fraction of sp³-hybridized carbons (Fsp3) is 0.909. The first-order chi connectivity index (χ1) is 8.19. The van der Waals surface area contributed by atoms with Crippen LogP contribution in [0.1, 0.15) is 20.8 Å². The van der Waals surface area contributed by atoms with E-state index in [1.54, 1.807) is 20.8 Å². The second-order valence-electron chi connectivity index (χ2n) is 5.00. The minimum absolute atomic E-state index is 0. The molecule has 0 aromatic heterocycles. The lowest BCUT2D eigenvalue weighted by atomic mass is 10.1. The van der Waals surface area contributed by atoms with Gasteiger partial charge in [-0.2, -0.15) is 0 Å². The largest absolute Gasteiger partial charge is 0.458 e. The van der Waals surface area contributed by atoms with Crippen LogP contribution in [0.5, 0.6) is 0 Å². The molecule has 6 N–H and O–H groups in total. The highest BCUT2D eigenvalue weighted by molar-refractivity contribution is 5.85. The first-order valence-corrected chi connectivity index (χ1v) is 5.86. The van der Waals surface area contributed by atoms with E-state index in [-0.39, 0.29) is 19.0 Å². The summed E-state index contributed by atoms with van der Waals surface area (Å²) in [5.74, 6) is -0.696. The topological polar surface area (TPSA) is 123 Å². The van der Waals surface area contributed by atoms with Gasteiger partial charge in [0.25, 0.3) is 0 Å². The summed E-state index contributed by atoms with van der Waals surface area (Å²) in [7, 11) is 0. The van der Waals surface area contributed by atoms with Crippen molar-refractivity contribution < 1.29 is 19.0 Å². The first kappa shape index (κ1) is 20.9. The molecule has 0 spiro atoms. The molecule has 0 aliphatic heterocycles. The highest BCUT2D eigenvalue weighted by atomic mass is 35.5. The van der Waals surface area contributed by atoms with Gasteiger partial charge in [-0.3, -0.25) is 0 Å². The summed E-state index contributed by atoms with van der Waals surface area (Å²) in [6.07, 6.45) is 0. The Hall–Kier alpha value is -0.440. The molecule has 0 radical (unpaired) electrons. The lowest BCUT2D eigenvalue weighted by Crippen LogP contribution is -2.61. The van der Waals surface area contributed by atoms with E-state index in [9.17, 15) is 4.79 Å². The van der Waals surface area contributed by atoms with Gasteiger partial charge in [0.15, 0.2) is 5.66 Å². The van der Waals surface area contributed by atoms with Crippen LogP contribution >= 0.6 is 12.4 Å². The maximum atomic E-state index is 11.6. The number of nitrogens with two attached hydrogens (primary N) is 3. The van der Waals surface area contributed by atoms with Gasteiger partial charge in [0.2, 0.25) is 0 Å². The van der Waals surface area contributed by atoms with Crippen molar-refractivity contribution in [3.05, 3.63) is 0 Å². The zero-order chi connectivity index (χ0) is 14.2. The molecule has 0 aromatic carbocycles. The fourth-order valence-corrected chi connectivity index (χ4v) is 0.976. The van der Waals surface area contributed by atoms with Crippen LogP contribution in [0.25, 0.3) is 0 Å². The van der Waals surface area contributed by atoms with E-state index in [2.05, 4.69) is 0 Å². The molecule has 0 atom stereocenters. The van der Waals surface area contributed by atoms with Crippen molar-refractivity contribution in [2.75, 3.05) is 33.0 Å². The van der Waals surface area contributed by atoms with E-state index in [0.29, 0.717) is 26.4 Å². The van der Waals surface area contributed by atoms with Gasteiger partial charge >= 0.3 is 5.97 Å². The Bertz CT molecular complexity index is 257. The van der Waals surface area contributed by atoms with Crippen LogP contribution in [0.3, 0.4) is 0 Å². The predicted octanol–water partition coefficient (Wildman–Crippen LogP) is -0.644. The third-order valence-corrected chi connectivity index (χ3v) is 1.75. The van der Waals surface area contributed by atoms with Gasteiger partial charge in [-0.25, -0.2) is 4.79 Å². The van der Waals surface area contributed by atoms with E-state index in [1.807, 2.05) is 0 Å². The number of rotatable bonds is 8. The third-order valence-electron chi connectivity index (χ3n) is 1.75. The third kappa shape index (κ3) is 11.1. The van der Waals surface area contributed by atoms with E-state index < -0.39 is 17.2 Å². The quantitative estimate of drug-likeness (QED) is 0.309. The Balaban J connectivity index is 0. The molecular formula is C11H26ClN3O4. The van der Waals surface area contributed by atoms with Crippen LogP contribution in [0, 0.1) is 0 Å². The zero-order valence-electron chi connectivity index (χ0n) is 11.8. The number of halogens is 1. The van der Waals surface area contributed by atoms with Crippen LogP contribution in [-0.2, 0) is 19.0 Å². The predicted molar refractivity (Wildman–Crippen MR) is 74.9 cm³/mol. The van der Waals surface area contributed by atoms with Gasteiger partial charge in [-0.1, -0.05) is 0 Å². The summed E-state index contributed by atoms with van der Waals surface area (Å²) in [6, 6.07) is 0. The molecule has 8 heteroatoms. The van der Waals surface area contributed by atoms with Crippen LogP contribution < -0.4 is 17.2 Å². The molecule has 0 heterocycles. The van der Waals surface area contributed by atoms with Crippen molar-refractivity contribution in [1.29, 1.82) is 0 Å². The fourth-order valence-electron chi connectivity index (χ4n) is 0.976. The minimum Gasteiger partial charge on any atom is -0.458 e. The van der Waals surface area contributed by atoms with Crippen molar-refractivity contribution >= 4 is 18.4 Å². The maximum absolute atomic E-state index is 11.6. The average Bonchev–Trinajstić information content (AvgIpc) is 2.20. The summed E-state index contributed by atoms with van der Waals surface area (Å²) in [4.78, 5) is 11.6. The molecule has 0 saturated heterocycles. The molecule has 116 valence electrons. The van der Waals surface area contributed by atoms with Gasteiger partial charge in [0.1, 0.15) is 5.60 Å². The van der Waals surface area contributed by atoms with E-state index >= 15 is 0 Å². The second-order valence-corrected chi connectivity index (χ2v) is 5.00. The van der Waals surface area contributed by atoms with Crippen LogP contribution in [0.4, 0.5) is 0 Å². The van der Waals surface area contributed by atoms with Crippen molar-refractivity contribution in [3.63, 3.8) is 0 Å². The molecule has 0 aliphatic rings. The summed E-state index contributed by atoms with van der Waals surface area (Å²) >= 11 is 0. The van der Waals surface area contributed by atoms with E-state index in [4.69, 9.17) is 31.4 Å². The molecule has 0 unspecified atom stereocenters. The average molecular weight is 300 g/mol. The summed E-state index contributed by atoms with van der Waals surface area (Å²) in [5, 5.41) is 0. The molecule has 0 amide bonds. The molecule has 0 bridgehead atoms. The minimum atomic E-state index is -1.65. The normalized spacial score (nSPS) is 11.9. The number of carbonyl (C=O) groups excluding carboxylic acids is 1. The molecular weight excluding hydrogens is 274 g/mol. The second kappa shape index (κ2) is 9.46. The Morgan fingerprint density at radius 2 is 1.58 bits per heavy atom. The van der Waals surface area contributed by atoms with Crippen LogP contribution in [0.15, 0.2) is 0 Å². The Morgan fingerprint density at radius 3 is 2.05 bits per heavy atom. The van der Waals surface area contributed by atoms with Crippen LogP contribution in [-0.4, -0.2) is 50.2 Å². The van der Waals surface area contributed by atoms with Gasteiger partial charge < -0.3 is 31.4 Å². The number of esters is 1. The van der Waals surface area contributed by atoms with Crippen molar-refractivity contribution in [2.24, 2.45) is 17.2 Å². The number of carbonyl (C=O) groups is 1. The van der Waals surface area contributed by atoms with E-state index in [1.165, 1.54) is 0 Å². The Labute approximate surface area is 120 Å². The highest BCUT2D eigenvalue weighted by Gasteiger charge is 2.34. The molecule has 0 aromatic rings. The Morgan fingerprint density at radius 1 is 1.05 bits per heavy atom. The molecule has 0 rings (SSSR count). The lowest BCUT2D eigenvalue weighted by molar-refractivity contribution is -0.164. The lowest BCUT2D eigenvalue weighted by Gasteiger charge is -2.27. The van der Waals surface area contributed by atoms with Gasteiger partial charge in [0.05, 0.1) is 26.4 Å². The number of hydrogen-bond donors (Lipinski definition) is 3. The summed E-state index contributed by atoms with van der Waals surface area (Å²) < 4.78 is 15.3. The molecule has 0 fully saturated rings. The SMILES string of the molecule is CC(C)(C)OC(=O)C(N)(N)COCCOCCN.Cl. The molecule has 0 saturated carbocycles. The summed E-state index contributed by atoms with van der Waals surface area (Å²) in [5.41, 5.74) is 14.2. The Kier molecular flexibility index (Phi) is 10.4. The molecule has 0 aliphatic carbocycles. The summed E-state index contributed by atoms with van der Waals surface area (Å²) in [6.45, 7) is 6.67. The smallest absolute Gasteiger partial charge is 0.343 e. The molecule has 7 nitrogen and oxygen atoms in total. The maximum Gasteiger partial charge on any atom is 0.343 e. The van der Waals surface area contributed by atoms with Crippen molar-refractivity contribution in [3.8, 4) is 0 Å². The first-order valence-electron chi connectivity index (χ1n) is 5.86. The van der Waals surface area contributed by atoms with Gasteiger partial charge in [-0.15, -0.1) is 12.4 Å². The highest BCUT2D eigenvalue weighted by Crippen LogP contribution is 2.10. The monoisotopic (exact) mass is 299 g/mol. The van der Waals surface area contributed by atoms with Crippen LogP contribution in [0.2, 0.25) is 0 Å². The van der Waals surface area contributed by atoms with E-state index in [0.717, 1.165) is 0 Å². The van der Waals surface area contributed by atoms with Gasteiger partial charge in [-0.05, 0) is 20.8 Å². The number of ether oxygens (including phenoxy) is 3. The standard InChI is InChI=1S/C11H25N3O4.ClH/c1-10(2,3)18-9(15)11(13,14)8-17-7-6-16-5-4-12;/h4-8,12-14H2,1-3H3;1H. The van der Waals surface area contributed by atoms with Crippen molar-refractivity contribution in [2.45, 2.75) is 32.0 Å². The number of hydrogen-bond acceptors (Lipinski definition) is 7.